The minimum absolute atomic E-state index is 0.168. The van der Waals surface area contributed by atoms with Crippen LogP contribution in [0.1, 0.15) is 43.6 Å². The Balaban J connectivity index is 1.39. The van der Waals surface area contributed by atoms with Crippen LogP contribution in [0, 0.1) is 5.82 Å². The summed E-state index contributed by atoms with van der Waals surface area (Å²) in [6.07, 6.45) is 5.00. The highest BCUT2D eigenvalue weighted by Crippen LogP contribution is 2.33. The lowest BCUT2D eigenvalue weighted by Gasteiger charge is -2.29. The van der Waals surface area contributed by atoms with E-state index in [9.17, 15) is 9.18 Å². The summed E-state index contributed by atoms with van der Waals surface area (Å²) in [5, 5.41) is 5.79. The first-order valence-corrected chi connectivity index (χ1v) is 10.7. The van der Waals surface area contributed by atoms with Gasteiger partial charge in [0.25, 0.3) is 0 Å². The maximum Gasteiger partial charge on any atom is 0.319 e. The van der Waals surface area contributed by atoms with Crippen molar-refractivity contribution in [3.05, 3.63) is 59.9 Å². The van der Waals surface area contributed by atoms with Crippen molar-refractivity contribution in [2.75, 3.05) is 32.6 Å². The number of anilines is 1. The highest BCUT2D eigenvalue weighted by Gasteiger charge is 2.23. The number of halogens is 1. The van der Waals surface area contributed by atoms with Gasteiger partial charge in [-0.05, 0) is 94.1 Å². The fraction of sp³-hybridized carbons (Fsp3) is 0.458. The van der Waals surface area contributed by atoms with Gasteiger partial charge in [-0.25, -0.2) is 9.18 Å². The van der Waals surface area contributed by atoms with Crippen molar-refractivity contribution in [1.82, 2.24) is 10.2 Å². The predicted molar refractivity (Wildman–Crippen MR) is 119 cm³/mol. The predicted octanol–water partition coefficient (Wildman–Crippen LogP) is 5.00. The summed E-state index contributed by atoms with van der Waals surface area (Å²) in [7, 11) is 4.13. The maximum atomic E-state index is 13.0. The third-order valence-corrected chi connectivity index (χ3v) is 5.53. The first-order valence-electron chi connectivity index (χ1n) is 10.7. The first kappa shape index (κ1) is 22.1. The molecule has 1 saturated carbocycles. The summed E-state index contributed by atoms with van der Waals surface area (Å²) in [4.78, 5) is 14.3. The standard InChI is InChI=1S/C24H32FN3O2/c1-28(2)16-3-17-30-23-14-6-19(7-15-23)18-4-10-21(11-5-18)26-24(29)27-22-12-8-20(25)9-13-22/h6-9,12-15,18,21H,3-5,10-11,16-17H2,1-2H3,(H2,26,27,29)/t18-,21-. The van der Waals surface area contributed by atoms with Gasteiger partial charge in [-0.3, -0.25) is 0 Å². The molecule has 1 fully saturated rings. The number of hydrogen-bond acceptors (Lipinski definition) is 3. The lowest BCUT2D eigenvalue weighted by atomic mass is 9.82. The number of rotatable bonds is 8. The van der Waals surface area contributed by atoms with Crippen LogP contribution < -0.4 is 15.4 Å². The summed E-state index contributed by atoms with van der Waals surface area (Å²) in [5.41, 5.74) is 1.93. The van der Waals surface area contributed by atoms with Gasteiger partial charge in [0.05, 0.1) is 6.61 Å². The maximum absolute atomic E-state index is 13.0. The molecule has 0 aliphatic heterocycles. The molecule has 162 valence electrons. The minimum Gasteiger partial charge on any atom is -0.494 e. The average molecular weight is 414 g/mol. The van der Waals surface area contributed by atoms with Gasteiger partial charge in [0, 0.05) is 18.3 Å². The van der Waals surface area contributed by atoms with E-state index < -0.39 is 0 Å². The van der Waals surface area contributed by atoms with E-state index in [0.717, 1.165) is 51.0 Å². The number of amides is 2. The molecular formula is C24H32FN3O2. The molecule has 2 N–H and O–H groups in total. The fourth-order valence-electron chi connectivity index (χ4n) is 3.86. The van der Waals surface area contributed by atoms with Gasteiger partial charge in [0.15, 0.2) is 0 Å². The third-order valence-electron chi connectivity index (χ3n) is 5.53. The quantitative estimate of drug-likeness (QED) is 0.599. The Morgan fingerprint density at radius 1 is 1.03 bits per heavy atom. The van der Waals surface area contributed by atoms with Crippen molar-refractivity contribution in [3.8, 4) is 5.75 Å². The second-order valence-electron chi connectivity index (χ2n) is 8.23. The summed E-state index contributed by atoms with van der Waals surface area (Å²) in [5.74, 6) is 1.12. The van der Waals surface area contributed by atoms with Gasteiger partial charge in [0.1, 0.15) is 11.6 Å². The largest absolute Gasteiger partial charge is 0.494 e. The molecule has 30 heavy (non-hydrogen) atoms. The van der Waals surface area contributed by atoms with Crippen LogP contribution in [0.4, 0.5) is 14.9 Å². The number of hydrogen-bond donors (Lipinski definition) is 2. The number of benzene rings is 2. The molecule has 1 aliphatic rings. The zero-order valence-electron chi connectivity index (χ0n) is 17.9. The number of carbonyl (C=O) groups excluding carboxylic acids is 1. The van der Waals surface area contributed by atoms with Gasteiger partial charge in [-0.15, -0.1) is 0 Å². The lowest BCUT2D eigenvalue weighted by molar-refractivity contribution is 0.242. The molecule has 1 aliphatic carbocycles. The number of nitrogens with zero attached hydrogens (tertiary/aromatic N) is 1. The lowest BCUT2D eigenvalue weighted by Crippen LogP contribution is -2.39. The SMILES string of the molecule is CN(C)CCCOc1ccc([C@H]2CC[C@H](NC(=O)Nc3ccc(F)cc3)CC2)cc1. The Kier molecular flexibility index (Phi) is 8.08. The topological polar surface area (TPSA) is 53.6 Å². The molecule has 0 spiro atoms. The van der Waals surface area contributed by atoms with E-state index in [2.05, 4.69) is 53.9 Å². The zero-order chi connectivity index (χ0) is 21.3. The van der Waals surface area contributed by atoms with E-state index in [4.69, 9.17) is 4.74 Å². The molecule has 0 bridgehead atoms. The Hall–Kier alpha value is -2.60. The Morgan fingerprint density at radius 2 is 1.70 bits per heavy atom. The smallest absolute Gasteiger partial charge is 0.319 e. The molecule has 0 saturated heterocycles. The normalized spacial score (nSPS) is 18.8. The van der Waals surface area contributed by atoms with Crippen LogP contribution in [0.15, 0.2) is 48.5 Å². The zero-order valence-corrected chi connectivity index (χ0v) is 17.9. The van der Waals surface area contributed by atoms with Crippen LogP contribution in [0.3, 0.4) is 0 Å². The molecule has 3 rings (SSSR count). The molecule has 6 heteroatoms. The highest BCUT2D eigenvalue weighted by molar-refractivity contribution is 5.89. The van der Waals surface area contributed by atoms with E-state index in [1.54, 1.807) is 12.1 Å². The van der Waals surface area contributed by atoms with E-state index >= 15 is 0 Å². The van der Waals surface area contributed by atoms with E-state index in [0.29, 0.717) is 11.6 Å². The van der Waals surface area contributed by atoms with Gasteiger partial charge in [-0.2, -0.15) is 0 Å². The molecular weight excluding hydrogens is 381 g/mol. The van der Waals surface area contributed by atoms with Gasteiger partial charge in [0.2, 0.25) is 0 Å². The molecule has 0 aromatic heterocycles. The van der Waals surface area contributed by atoms with Crippen LogP contribution in [0.5, 0.6) is 5.75 Å². The number of nitrogens with one attached hydrogen (secondary N) is 2. The van der Waals surface area contributed by atoms with E-state index in [-0.39, 0.29) is 17.9 Å². The van der Waals surface area contributed by atoms with Crippen molar-refractivity contribution < 1.29 is 13.9 Å². The summed E-state index contributed by atoms with van der Waals surface area (Å²) < 4.78 is 18.8. The fourth-order valence-corrected chi connectivity index (χ4v) is 3.86. The summed E-state index contributed by atoms with van der Waals surface area (Å²) in [6, 6.07) is 14.2. The Labute approximate surface area is 178 Å². The van der Waals surface area contributed by atoms with Crippen LogP contribution in [-0.4, -0.2) is 44.2 Å². The second-order valence-corrected chi connectivity index (χ2v) is 8.23. The molecule has 5 nitrogen and oxygen atoms in total. The Bertz CT molecular complexity index is 785. The molecule has 2 aromatic carbocycles. The molecule has 0 unspecified atom stereocenters. The van der Waals surface area contributed by atoms with Gasteiger partial charge < -0.3 is 20.3 Å². The van der Waals surface area contributed by atoms with Crippen LogP contribution in [0.2, 0.25) is 0 Å². The highest BCUT2D eigenvalue weighted by atomic mass is 19.1. The molecule has 2 amide bonds. The van der Waals surface area contributed by atoms with Gasteiger partial charge in [-0.1, -0.05) is 12.1 Å². The van der Waals surface area contributed by atoms with Crippen molar-refractivity contribution in [2.45, 2.75) is 44.1 Å². The van der Waals surface area contributed by atoms with E-state index in [1.165, 1.54) is 17.7 Å². The van der Waals surface area contributed by atoms with Crippen molar-refractivity contribution >= 4 is 11.7 Å². The second kappa shape index (κ2) is 11.0. The van der Waals surface area contributed by atoms with Crippen LogP contribution in [-0.2, 0) is 0 Å². The third kappa shape index (κ3) is 7.02. The molecule has 0 heterocycles. The van der Waals surface area contributed by atoms with Crippen LogP contribution in [0.25, 0.3) is 0 Å². The van der Waals surface area contributed by atoms with Crippen LogP contribution >= 0.6 is 0 Å². The van der Waals surface area contributed by atoms with E-state index in [1.807, 2.05) is 0 Å². The molecule has 0 atom stereocenters. The minimum atomic E-state index is -0.316. The molecule has 2 aromatic rings. The first-order chi connectivity index (χ1) is 14.5. The Morgan fingerprint density at radius 3 is 2.33 bits per heavy atom. The van der Waals surface area contributed by atoms with Crippen molar-refractivity contribution in [3.63, 3.8) is 0 Å². The number of ether oxygens (including phenoxy) is 1. The van der Waals surface area contributed by atoms with Crippen molar-refractivity contribution in [2.24, 2.45) is 0 Å². The summed E-state index contributed by atoms with van der Waals surface area (Å²) in [6.45, 7) is 1.76. The van der Waals surface area contributed by atoms with Gasteiger partial charge >= 0.3 is 6.03 Å². The average Bonchev–Trinajstić information content (AvgIpc) is 2.74. The number of carbonyl (C=O) groups is 1. The molecule has 0 radical (unpaired) electrons. The van der Waals surface area contributed by atoms with Crippen molar-refractivity contribution in [1.29, 1.82) is 0 Å². The summed E-state index contributed by atoms with van der Waals surface area (Å²) >= 11 is 0. The number of urea groups is 1. The monoisotopic (exact) mass is 413 g/mol.